The summed E-state index contributed by atoms with van der Waals surface area (Å²) in [7, 11) is 1.34. The number of hydrogen-bond acceptors (Lipinski definition) is 5. The highest BCUT2D eigenvalue weighted by molar-refractivity contribution is 6.07. The molecule has 0 bridgehead atoms. The first kappa shape index (κ1) is 19.5. The molecule has 4 rings (SSSR count). The van der Waals surface area contributed by atoms with Crippen LogP contribution in [0.5, 0.6) is 5.75 Å². The third-order valence-electron chi connectivity index (χ3n) is 5.09. The van der Waals surface area contributed by atoms with Gasteiger partial charge in [0, 0.05) is 39.3 Å². The van der Waals surface area contributed by atoms with E-state index in [1.165, 1.54) is 35.1 Å². The minimum atomic E-state index is -0.363. The molecule has 0 saturated carbocycles. The number of para-hydroxylation sites is 2. The average molecular weight is 401 g/mol. The molecule has 0 fully saturated rings. The molecule has 0 spiro atoms. The molecule has 4 aromatic rings. The van der Waals surface area contributed by atoms with Crippen LogP contribution in [0.15, 0.2) is 66.7 Å². The molecule has 3 aromatic carbocycles. The Bertz CT molecular complexity index is 1160. The Morgan fingerprint density at radius 2 is 1.70 bits per heavy atom. The van der Waals surface area contributed by atoms with Crippen molar-refractivity contribution in [3.8, 4) is 5.75 Å². The lowest BCUT2D eigenvalue weighted by atomic mass is 10.2. The van der Waals surface area contributed by atoms with Crippen LogP contribution >= 0.6 is 0 Å². The number of carbonyl (C=O) groups excluding carboxylic acids is 1. The number of ether oxygens (including phenoxy) is 2. The Morgan fingerprint density at radius 1 is 1.03 bits per heavy atom. The van der Waals surface area contributed by atoms with E-state index in [1.807, 2.05) is 6.07 Å². The Labute approximate surface area is 174 Å². The maximum absolute atomic E-state index is 11.3. The van der Waals surface area contributed by atoms with Crippen LogP contribution in [0.3, 0.4) is 0 Å². The largest absolute Gasteiger partial charge is 0.492 e. The number of hydrogen-bond donors (Lipinski definition) is 2. The van der Waals surface area contributed by atoms with Crippen LogP contribution in [-0.2, 0) is 16.1 Å². The van der Waals surface area contributed by atoms with Crippen molar-refractivity contribution in [2.24, 2.45) is 0 Å². The van der Waals surface area contributed by atoms with Crippen molar-refractivity contribution in [3.05, 3.63) is 72.3 Å². The second-order valence-electron chi connectivity index (χ2n) is 6.86. The molecule has 0 atom stereocenters. The van der Waals surface area contributed by atoms with Crippen molar-refractivity contribution in [1.29, 1.82) is 5.41 Å². The Hall–Kier alpha value is -3.80. The maximum Gasteiger partial charge on any atom is 0.325 e. The molecule has 6 heteroatoms. The Balaban J connectivity index is 1.49. The summed E-state index contributed by atoms with van der Waals surface area (Å²) >= 11 is 0. The van der Waals surface area contributed by atoms with Gasteiger partial charge in [-0.3, -0.25) is 4.79 Å². The fourth-order valence-corrected chi connectivity index (χ4v) is 3.65. The van der Waals surface area contributed by atoms with Crippen LogP contribution in [0, 0.1) is 5.41 Å². The number of benzene rings is 3. The molecule has 152 valence electrons. The van der Waals surface area contributed by atoms with Gasteiger partial charge < -0.3 is 24.8 Å². The maximum atomic E-state index is 11.3. The molecular formula is C24H23N3O3. The van der Waals surface area contributed by atoms with Gasteiger partial charge in [-0.2, -0.15) is 0 Å². The molecular weight excluding hydrogens is 378 g/mol. The topological polar surface area (TPSA) is 76.3 Å². The van der Waals surface area contributed by atoms with Gasteiger partial charge in [0.05, 0.1) is 13.7 Å². The first-order valence-corrected chi connectivity index (χ1v) is 9.75. The van der Waals surface area contributed by atoms with Gasteiger partial charge in [-0.05, 0) is 30.3 Å². The molecule has 0 saturated heterocycles. The fourth-order valence-electron chi connectivity index (χ4n) is 3.65. The molecule has 1 heterocycles. The number of methoxy groups -OCH3 is 1. The first-order valence-electron chi connectivity index (χ1n) is 9.75. The number of carbonyl (C=O) groups is 1. The van der Waals surface area contributed by atoms with E-state index in [9.17, 15) is 4.79 Å². The van der Waals surface area contributed by atoms with Crippen molar-refractivity contribution in [3.63, 3.8) is 0 Å². The highest BCUT2D eigenvalue weighted by Crippen LogP contribution is 2.28. The van der Waals surface area contributed by atoms with Crippen molar-refractivity contribution < 1.29 is 14.3 Å². The standard InChI is InChI=1S/C24H23N3O3/c1-29-24(28)16-26-21-11-10-18(14-17(21)15-25)30-13-12-27-22-8-4-2-6-19(22)20-7-3-5-9-23(20)27/h2-11,14-15,25-26H,12-13,16H2,1H3. The van der Waals surface area contributed by atoms with Gasteiger partial charge in [-0.15, -0.1) is 0 Å². The monoisotopic (exact) mass is 401 g/mol. The zero-order chi connectivity index (χ0) is 20.9. The summed E-state index contributed by atoms with van der Waals surface area (Å²) in [5.74, 6) is 0.315. The highest BCUT2D eigenvalue weighted by Gasteiger charge is 2.10. The van der Waals surface area contributed by atoms with E-state index in [2.05, 4.69) is 63.2 Å². The van der Waals surface area contributed by atoms with Gasteiger partial charge in [-0.25, -0.2) is 0 Å². The van der Waals surface area contributed by atoms with Crippen LogP contribution in [0.25, 0.3) is 21.8 Å². The summed E-state index contributed by atoms with van der Waals surface area (Å²) in [6, 6.07) is 22.2. The van der Waals surface area contributed by atoms with Crippen LogP contribution in [-0.4, -0.2) is 37.0 Å². The van der Waals surface area contributed by atoms with Crippen LogP contribution < -0.4 is 10.1 Å². The molecule has 2 N–H and O–H groups in total. The van der Waals surface area contributed by atoms with Gasteiger partial charge in [0.1, 0.15) is 18.9 Å². The number of aromatic nitrogens is 1. The molecule has 0 aliphatic carbocycles. The van der Waals surface area contributed by atoms with E-state index >= 15 is 0 Å². The predicted molar refractivity (Wildman–Crippen MR) is 120 cm³/mol. The summed E-state index contributed by atoms with van der Waals surface area (Å²) in [6.45, 7) is 1.25. The van der Waals surface area contributed by atoms with E-state index in [0.717, 1.165) is 0 Å². The summed E-state index contributed by atoms with van der Waals surface area (Å²) in [4.78, 5) is 11.3. The second kappa shape index (κ2) is 8.69. The minimum absolute atomic E-state index is 0.0469. The lowest BCUT2D eigenvalue weighted by Gasteiger charge is -2.13. The number of fused-ring (bicyclic) bond motifs is 3. The fraction of sp³-hybridized carbons (Fsp3) is 0.167. The highest BCUT2D eigenvalue weighted by atomic mass is 16.5. The van der Waals surface area contributed by atoms with Crippen LogP contribution in [0.4, 0.5) is 5.69 Å². The second-order valence-corrected chi connectivity index (χ2v) is 6.86. The number of anilines is 1. The third kappa shape index (κ3) is 3.85. The van der Waals surface area contributed by atoms with Crippen LogP contribution in [0.2, 0.25) is 0 Å². The number of nitrogens with one attached hydrogen (secondary N) is 2. The Morgan fingerprint density at radius 3 is 2.33 bits per heavy atom. The Kier molecular flexibility index (Phi) is 5.66. The normalized spacial score (nSPS) is 10.8. The van der Waals surface area contributed by atoms with Gasteiger partial charge in [0.2, 0.25) is 0 Å². The van der Waals surface area contributed by atoms with Crippen molar-refractivity contribution in [1.82, 2.24) is 4.57 Å². The van der Waals surface area contributed by atoms with Gasteiger partial charge >= 0.3 is 5.97 Å². The van der Waals surface area contributed by atoms with Crippen molar-refractivity contribution >= 4 is 39.7 Å². The minimum Gasteiger partial charge on any atom is -0.492 e. The molecule has 1 aromatic heterocycles. The van der Waals surface area contributed by atoms with E-state index in [4.69, 9.17) is 10.1 Å². The lowest BCUT2D eigenvalue weighted by Crippen LogP contribution is -2.16. The van der Waals surface area contributed by atoms with Gasteiger partial charge in [0.25, 0.3) is 0 Å². The van der Waals surface area contributed by atoms with Crippen molar-refractivity contribution in [2.75, 3.05) is 25.6 Å². The van der Waals surface area contributed by atoms with Crippen molar-refractivity contribution in [2.45, 2.75) is 6.54 Å². The van der Waals surface area contributed by atoms with Gasteiger partial charge in [-0.1, -0.05) is 36.4 Å². The SMILES string of the molecule is COC(=O)CNc1ccc(OCCn2c3ccccc3c3ccccc32)cc1C=N. The molecule has 30 heavy (non-hydrogen) atoms. The summed E-state index contributed by atoms with van der Waals surface area (Å²) in [5, 5.41) is 13.1. The van der Waals surface area contributed by atoms with E-state index in [0.29, 0.717) is 30.2 Å². The van der Waals surface area contributed by atoms with E-state index in [-0.39, 0.29) is 12.5 Å². The third-order valence-corrected chi connectivity index (χ3v) is 5.09. The number of nitrogens with zero attached hydrogens (tertiary/aromatic N) is 1. The number of rotatable bonds is 8. The summed E-state index contributed by atoms with van der Waals surface area (Å²) in [5.41, 5.74) is 3.70. The van der Waals surface area contributed by atoms with Crippen LogP contribution in [0.1, 0.15) is 5.56 Å². The number of esters is 1. The molecule has 0 aliphatic heterocycles. The van der Waals surface area contributed by atoms with E-state index in [1.54, 1.807) is 12.1 Å². The summed E-state index contributed by atoms with van der Waals surface area (Å²) in [6.07, 6.45) is 1.24. The summed E-state index contributed by atoms with van der Waals surface area (Å²) < 4.78 is 12.9. The molecule has 6 nitrogen and oxygen atoms in total. The quantitative estimate of drug-likeness (QED) is 0.338. The average Bonchev–Trinajstić information content (AvgIpc) is 3.11. The zero-order valence-electron chi connectivity index (χ0n) is 16.7. The first-order chi connectivity index (χ1) is 14.7. The molecule has 0 aliphatic rings. The molecule has 0 unspecified atom stereocenters. The predicted octanol–water partition coefficient (Wildman–Crippen LogP) is 4.46. The molecule has 0 radical (unpaired) electrons. The lowest BCUT2D eigenvalue weighted by molar-refractivity contribution is -0.138. The van der Waals surface area contributed by atoms with Gasteiger partial charge in [0.15, 0.2) is 0 Å². The molecule has 0 amide bonds. The van der Waals surface area contributed by atoms with E-state index < -0.39 is 0 Å². The zero-order valence-corrected chi connectivity index (χ0v) is 16.7. The smallest absolute Gasteiger partial charge is 0.325 e.